The third kappa shape index (κ3) is 7.94. The maximum absolute atomic E-state index is 13.8. The number of hydrogen-bond donors (Lipinski definition) is 5. The maximum atomic E-state index is 13.8. The molecule has 3 aliphatic rings. The smallest absolute Gasteiger partial charge is 0.319 e. The van der Waals surface area contributed by atoms with Gasteiger partial charge in [0.1, 0.15) is 0 Å². The number of carbonyl (C=O) groups is 2. The molecule has 1 amide bonds. The molecule has 2 aromatic carbocycles. The van der Waals surface area contributed by atoms with Crippen LogP contribution in [-0.2, 0) is 50.8 Å². The highest BCUT2D eigenvalue weighted by Crippen LogP contribution is 2.53. The Bertz CT molecular complexity index is 2490. The summed E-state index contributed by atoms with van der Waals surface area (Å²) in [4.78, 5) is 30.6. The fourth-order valence-corrected chi connectivity index (χ4v) is 9.74. The van der Waals surface area contributed by atoms with Crippen molar-refractivity contribution in [2.24, 2.45) is 5.41 Å². The number of carbonyl (C=O) groups excluding carboxylic acids is 1. The highest BCUT2D eigenvalue weighted by Gasteiger charge is 2.53. The van der Waals surface area contributed by atoms with Crippen molar-refractivity contribution in [3.05, 3.63) is 94.7 Å². The van der Waals surface area contributed by atoms with Gasteiger partial charge in [0, 0.05) is 47.5 Å². The van der Waals surface area contributed by atoms with Crippen molar-refractivity contribution in [1.82, 2.24) is 5.32 Å². The molecule has 0 fully saturated rings. The van der Waals surface area contributed by atoms with Crippen LogP contribution in [0.15, 0.2) is 93.4 Å². The SMILES string of the molecule is CCN1/C(=C/C=C2C=C(/C=C/C3(C)N(CC)c4ccc(S(=O)(=O)O)cc4C3(C)C)CC(C(=O)O)(C(=O)NCCS(=O)(=O)O)C/2)C(C)(C)c2cc(S(=O)(=O)O)ccc21. The predicted octanol–water partition coefficient (Wildman–Crippen LogP) is 5.04. The van der Waals surface area contributed by atoms with Crippen LogP contribution in [0.25, 0.3) is 0 Å². The first kappa shape index (κ1) is 43.8. The van der Waals surface area contributed by atoms with Gasteiger partial charge in [-0.2, -0.15) is 25.3 Å². The molecular formula is C39H49N3O12S3. The zero-order chi connectivity index (χ0) is 42.7. The minimum atomic E-state index is -4.50. The van der Waals surface area contributed by atoms with Gasteiger partial charge in [0.2, 0.25) is 5.91 Å². The monoisotopic (exact) mass is 847 g/mol. The van der Waals surface area contributed by atoms with Crippen molar-refractivity contribution >= 4 is 53.6 Å². The molecule has 2 heterocycles. The molecule has 5 N–H and O–H groups in total. The van der Waals surface area contributed by atoms with Gasteiger partial charge < -0.3 is 20.2 Å². The molecule has 0 aromatic heterocycles. The van der Waals surface area contributed by atoms with Crippen LogP contribution in [0.4, 0.5) is 11.4 Å². The second-order valence-electron chi connectivity index (χ2n) is 15.8. The number of carboxylic acids is 1. The van der Waals surface area contributed by atoms with E-state index >= 15 is 0 Å². The number of rotatable bonds is 12. The van der Waals surface area contributed by atoms with E-state index in [-0.39, 0.29) is 22.6 Å². The lowest BCUT2D eigenvalue weighted by atomic mass is 9.69. The number of nitrogens with one attached hydrogen (secondary N) is 1. The van der Waals surface area contributed by atoms with E-state index in [2.05, 4.69) is 10.2 Å². The van der Waals surface area contributed by atoms with Gasteiger partial charge in [-0.25, -0.2) is 0 Å². The van der Waals surface area contributed by atoms with Gasteiger partial charge in [0.25, 0.3) is 30.4 Å². The van der Waals surface area contributed by atoms with Crippen molar-refractivity contribution in [2.75, 3.05) is 35.2 Å². The molecule has 0 saturated carbocycles. The zero-order valence-corrected chi connectivity index (χ0v) is 35.2. The Hall–Kier alpha value is -4.33. The van der Waals surface area contributed by atoms with Crippen LogP contribution in [0.3, 0.4) is 0 Å². The minimum absolute atomic E-state index is 0.252. The number of likely N-dealkylation sites (N-methyl/N-ethyl adjacent to an activating group) is 2. The molecular weight excluding hydrogens is 799 g/mol. The lowest BCUT2D eigenvalue weighted by Gasteiger charge is -2.43. The van der Waals surface area contributed by atoms with Gasteiger partial charge >= 0.3 is 5.97 Å². The second kappa shape index (κ2) is 14.8. The Morgan fingerprint density at radius 1 is 0.807 bits per heavy atom. The van der Waals surface area contributed by atoms with Gasteiger partial charge in [0.15, 0.2) is 5.41 Å². The molecule has 2 aliphatic heterocycles. The van der Waals surface area contributed by atoms with Crippen LogP contribution in [0.5, 0.6) is 0 Å². The normalized spacial score (nSPS) is 24.5. The van der Waals surface area contributed by atoms with Crippen LogP contribution < -0.4 is 15.1 Å². The Kier molecular flexibility index (Phi) is 11.4. The Morgan fingerprint density at radius 2 is 1.39 bits per heavy atom. The van der Waals surface area contributed by atoms with E-state index in [1.165, 1.54) is 24.3 Å². The number of benzene rings is 2. The molecule has 5 rings (SSSR count). The van der Waals surface area contributed by atoms with Crippen LogP contribution in [0.1, 0.15) is 72.4 Å². The van der Waals surface area contributed by atoms with Crippen molar-refractivity contribution in [2.45, 2.75) is 87.5 Å². The third-order valence-electron chi connectivity index (χ3n) is 11.8. The van der Waals surface area contributed by atoms with Crippen molar-refractivity contribution < 1.29 is 53.6 Å². The van der Waals surface area contributed by atoms with Crippen molar-refractivity contribution in [1.29, 1.82) is 0 Å². The zero-order valence-electron chi connectivity index (χ0n) is 32.8. The predicted molar refractivity (Wildman–Crippen MR) is 215 cm³/mol. The number of anilines is 2. The number of nitrogens with zero attached hydrogens (tertiary/aromatic N) is 2. The van der Waals surface area contributed by atoms with Gasteiger partial charge in [-0.05, 0) is 98.4 Å². The van der Waals surface area contributed by atoms with Gasteiger partial charge in [0.05, 0.1) is 21.1 Å². The number of hydrogen-bond acceptors (Lipinski definition) is 10. The summed E-state index contributed by atoms with van der Waals surface area (Å²) in [5.74, 6) is -3.24. The van der Waals surface area contributed by atoms with Crippen molar-refractivity contribution in [3.63, 3.8) is 0 Å². The summed E-state index contributed by atoms with van der Waals surface area (Å²) in [5.41, 5.74) is -0.0939. The summed E-state index contributed by atoms with van der Waals surface area (Å²) in [6.45, 7) is 13.8. The molecule has 15 nitrogen and oxygen atoms in total. The van der Waals surface area contributed by atoms with Gasteiger partial charge in [-0.3, -0.25) is 23.2 Å². The molecule has 0 bridgehead atoms. The molecule has 1 aliphatic carbocycles. The maximum Gasteiger partial charge on any atom is 0.319 e. The fraction of sp³-hybridized carbons (Fsp3) is 0.436. The van der Waals surface area contributed by atoms with E-state index < -0.39 is 76.3 Å². The van der Waals surface area contributed by atoms with Crippen LogP contribution in [0, 0.1) is 5.41 Å². The first-order chi connectivity index (χ1) is 26.1. The van der Waals surface area contributed by atoms with Crippen LogP contribution in [-0.4, -0.2) is 86.8 Å². The molecule has 0 saturated heterocycles. The van der Waals surface area contributed by atoms with Gasteiger partial charge in [-0.1, -0.05) is 52.0 Å². The lowest BCUT2D eigenvalue weighted by Crippen LogP contribution is -2.52. The molecule has 2 unspecified atom stereocenters. The Balaban J connectivity index is 1.64. The third-order valence-corrected chi connectivity index (χ3v) is 14.2. The minimum Gasteiger partial charge on any atom is -0.480 e. The standard InChI is InChI=1S/C39H49N3O12S3/c1-8-41-31-13-11-27(56(49,50)51)21-29(31)36(3,4)33(41)15-10-25-20-26(24-39(23-25,35(44)45)34(43)40-18-19-55(46,47)48)16-17-38(7)37(5,6)30-22-28(57(52,53)54)12-14-32(30)42(38)9-2/h10-17,20-22H,8-9,18-19,23-24H2,1-7H3,(H,40,43)(H,44,45)(H,46,47,48)(H,49,50,51)(H,52,53,54)/b17-16+,25-10-,33-15+. The Morgan fingerprint density at radius 3 is 1.91 bits per heavy atom. The Labute approximate surface area is 334 Å². The molecule has 310 valence electrons. The molecule has 2 atom stereocenters. The lowest BCUT2D eigenvalue weighted by molar-refractivity contribution is -0.156. The number of fused-ring (bicyclic) bond motifs is 2. The first-order valence-corrected chi connectivity index (χ1v) is 22.7. The summed E-state index contributed by atoms with van der Waals surface area (Å²) in [5, 5.41) is 13.1. The van der Waals surface area contributed by atoms with E-state index in [9.17, 15) is 53.6 Å². The second-order valence-corrected chi connectivity index (χ2v) is 20.2. The van der Waals surface area contributed by atoms with E-state index in [4.69, 9.17) is 0 Å². The average Bonchev–Trinajstić information content (AvgIpc) is 3.42. The number of aliphatic carboxylic acids is 1. The summed E-state index contributed by atoms with van der Waals surface area (Å²) in [7, 11) is -13.5. The highest BCUT2D eigenvalue weighted by atomic mass is 32.2. The van der Waals surface area contributed by atoms with Gasteiger partial charge in [-0.15, -0.1) is 0 Å². The first-order valence-electron chi connectivity index (χ1n) is 18.2. The van der Waals surface area contributed by atoms with Crippen LogP contribution in [0.2, 0.25) is 0 Å². The van der Waals surface area contributed by atoms with E-state index in [0.717, 1.165) is 17.1 Å². The largest absolute Gasteiger partial charge is 0.480 e. The topological polar surface area (TPSA) is 236 Å². The fourth-order valence-electron chi connectivity index (χ4n) is 8.37. The van der Waals surface area contributed by atoms with E-state index in [1.807, 2.05) is 59.4 Å². The summed E-state index contributed by atoms with van der Waals surface area (Å²) in [6.07, 6.45) is 8.27. The van der Waals surface area contributed by atoms with Crippen molar-refractivity contribution in [3.8, 4) is 0 Å². The molecule has 57 heavy (non-hydrogen) atoms. The number of amides is 1. The summed E-state index contributed by atoms with van der Waals surface area (Å²) >= 11 is 0. The molecule has 0 spiro atoms. The molecule has 2 aromatic rings. The van der Waals surface area contributed by atoms with E-state index in [0.29, 0.717) is 35.4 Å². The van der Waals surface area contributed by atoms with E-state index in [1.54, 1.807) is 36.4 Å². The summed E-state index contributed by atoms with van der Waals surface area (Å²) in [6, 6.07) is 8.75. The molecule has 18 heteroatoms. The summed E-state index contributed by atoms with van der Waals surface area (Å²) < 4.78 is 99.8. The quantitative estimate of drug-likeness (QED) is 0.139. The average molecular weight is 848 g/mol. The molecule has 0 radical (unpaired) electrons. The highest BCUT2D eigenvalue weighted by molar-refractivity contribution is 7.86. The number of carboxylic acid groups (broad SMARTS) is 1. The van der Waals surface area contributed by atoms with Crippen LogP contribution >= 0.6 is 0 Å². The number of allylic oxidation sites excluding steroid dienone is 7.